The first-order valence-corrected chi connectivity index (χ1v) is 14.7. The lowest BCUT2D eigenvalue weighted by molar-refractivity contribution is -0.158. The van der Waals surface area contributed by atoms with Crippen LogP contribution in [0.25, 0.3) is 0 Å². The summed E-state index contributed by atoms with van der Waals surface area (Å²) in [6.07, 6.45) is -1.44. The van der Waals surface area contributed by atoms with Crippen LogP contribution in [0, 0.1) is 5.92 Å². The predicted molar refractivity (Wildman–Crippen MR) is 147 cm³/mol. The van der Waals surface area contributed by atoms with E-state index < -0.39 is 49.2 Å². The highest BCUT2D eigenvalue weighted by Crippen LogP contribution is 2.46. The lowest BCUT2D eigenvalue weighted by Gasteiger charge is -2.26. The van der Waals surface area contributed by atoms with Crippen molar-refractivity contribution in [3.63, 3.8) is 0 Å². The van der Waals surface area contributed by atoms with Crippen molar-refractivity contribution in [1.82, 2.24) is 4.90 Å². The van der Waals surface area contributed by atoms with Gasteiger partial charge in [-0.2, -0.15) is 0 Å². The minimum absolute atomic E-state index is 0.151. The van der Waals surface area contributed by atoms with E-state index in [0.29, 0.717) is 10.9 Å². The fourth-order valence-corrected chi connectivity index (χ4v) is 6.07. The zero-order valence-corrected chi connectivity index (χ0v) is 24.3. The van der Waals surface area contributed by atoms with Crippen LogP contribution in [0.2, 0.25) is 0 Å². The molecular weight excluding hydrogens is 521 g/mol. The van der Waals surface area contributed by atoms with Crippen LogP contribution in [0.5, 0.6) is 0 Å². The number of hydrogen-bond acceptors (Lipinski definition) is 8. The van der Waals surface area contributed by atoms with Crippen LogP contribution in [0.15, 0.2) is 54.6 Å². The second-order valence-corrected chi connectivity index (χ2v) is 12.4. The molecule has 1 saturated heterocycles. The summed E-state index contributed by atoms with van der Waals surface area (Å²) in [5.74, 6) is -1.95. The van der Waals surface area contributed by atoms with Crippen molar-refractivity contribution < 1.29 is 37.5 Å². The molecule has 1 aliphatic heterocycles. The maximum atomic E-state index is 13.8. The van der Waals surface area contributed by atoms with E-state index >= 15 is 0 Å². The van der Waals surface area contributed by atoms with Crippen LogP contribution in [-0.2, 0) is 39.1 Å². The Bertz CT molecular complexity index is 1180. The molecule has 1 aliphatic rings. The monoisotopic (exact) mass is 559 g/mol. The molecule has 2 aromatic rings. The Morgan fingerprint density at radius 2 is 1.59 bits per heavy atom. The molecule has 0 spiro atoms. The number of cyclic esters (lactones) is 1. The molecule has 212 valence electrons. The SMILES string of the molecule is CCOP(=O)(OCC)c1ccc(C[C@@H](CC(=O)OC(C)(C)C)C(=O)N2C(=O)O[C@@H](c3ccccc3)[C@H]2C)cc1. The van der Waals surface area contributed by atoms with Crippen molar-refractivity contribution in [1.29, 1.82) is 0 Å². The molecule has 1 heterocycles. The molecule has 2 aromatic carbocycles. The number of rotatable bonds is 11. The summed E-state index contributed by atoms with van der Waals surface area (Å²) >= 11 is 0. The van der Waals surface area contributed by atoms with Gasteiger partial charge in [0.25, 0.3) is 0 Å². The zero-order valence-electron chi connectivity index (χ0n) is 23.4. The highest BCUT2D eigenvalue weighted by atomic mass is 31.2. The molecule has 10 heteroatoms. The second kappa shape index (κ2) is 12.9. The van der Waals surface area contributed by atoms with Crippen LogP contribution in [-0.4, -0.2) is 47.7 Å². The number of esters is 1. The van der Waals surface area contributed by atoms with E-state index in [4.69, 9.17) is 18.5 Å². The Morgan fingerprint density at radius 1 is 1.00 bits per heavy atom. The van der Waals surface area contributed by atoms with Crippen LogP contribution in [0.1, 0.15) is 65.2 Å². The molecular formula is C29H38NO8P. The van der Waals surface area contributed by atoms with Gasteiger partial charge in [-0.3, -0.25) is 14.2 Å². The lowest BCUT2D eigenvalue weighted by atomic mass is 9.93. The predicted octanol–water partition coefficient (Wildman–Crippen LogP) is 5.58. The van der Waals surface area contributed by atoms with E-state index in [2.05, 4.69) is 0 Å². The number of amides is 2. The van der Waals surface area contributed by atoms with Crippen molar-refractivity contribution in [2.45, 2.75) is 72.1 Å². The van der Waals surface area contributed by atoms with E-state index in [-0.39, 0.29) is 26.1 Å². The quantitative estimate of drug-likeness (QED) is 0.259. The molecule has 39 heavy (non-hydrogen) atoms. The van der Waals surface area contributed by atoms with E-state index in [1.807, 2.05) is 30.3 Å². The van der Waals surface area contributed by atoms with Crippen LogP contribution in [0.3, 0.4) is 0 Å². The van der Waals surface area contributed by atoms with Gasteiger partial charge in [-0.15, -0.1) is 0 Å². The van der Waals surface area contributed by atoms with Crippen LogP contribution < -0.4 is 5.30 Å². The molecule has 0 unspecified atom stereocenters. The number of imide groups is 1. The summed E-state index contributed by atoms with van der Waals surface area (Å²) in [4.78, 5) is 40.5. The summed E-state index contributed by atoms with van der Waals surface area (Å²) in [6, 6.07) is 15.3. The third kappa shape index (κ3) is 7.78. The van der Waals surface area contributed by atoms with Crippen molar-refractivity contribution in [3.8, 4) is 0 Å². The number of carbonyl (C=O) groups excluding carboxylic acids is 3. The maximum absolute atomic E-state index is 13.8. The normalized spacial score (nSPS) is 18.5. The van der Waals surface area contributed by atoms with Gasteiger partial charge in [0.2, 0.25) is 5.91 Å². The van der Waals surface area contributed by atoms with Crippen LogP contribution in [0.4, 0.5) is 4.79 Å². The van der Waals surface area contributed by atoms with E-state index in [1.54, 1.807) is 65.8 Å². The van der Waals surface area contributed by atoms with Gasteiger partial charge in [-0.05, 0) is 71.2 Å². The first-order chi connectivity index (χ1) is 18.4. The summed E-state index contributed by atoms with van der Waals surface area (Å²) in [5, 5.41) is 0.396. The first kappa shape index (κ1) is 30.5. The minimum atomic E-state index is -3.47. The van der Waals surface area contributed by atoms with Gasteiger partial charge < -0.3 is 18.5 Å². The van der Waals surface area contributed by atoms with Crippen molar-refractivity contribution in [2.24, 2.45) is 5.92 Å². The van der Waals surface area contributed by atoms with Gasteiger partial charge in [0.15, 0.2) is 0 Å². The number of benzene rings is 2. The molecule has 9 nitrogen and oxygen atoms in total. The average Bonchev–Trinajstić information content (AvgIpc) is 3.17. The van der Waals surface area contributed by atoms with Crippen molar-refractivity contribution >= 4 is 30.9 Å². The van der Waals surface area contributed by atoms with E-state index in [9.17, 15) is 18.9 Å². The Labute approximate surface area is 230 Å². The topological polar surface area (TPSA) is 108 Å². The second-order valence-electron chi connectivity index (χ2n) is 10.4. The Kier molecular flexibility index (Phi) is 10.1. The molecule has 0 saturated carbocycles. The van der Waals surface area contributed by atoms with E-state index in [0.717, 1.165) is 10.5 Å². The summed E-state index contributed by atoms with van der Waals surface area (Å²) in [5.41, 5.74) is 0.755. The maximum Gasteiger partial charge on any atom is 0.417 e. The molecule has 0 aliphatic carbocycles. The Balaban J connectivity index is 1.86. The third-order valence-corrected chi connectivity index (χ3v) is 8.28. The molecule has 2 amide bonds. The zero-order chi connectivity index (χ0) is 28.8. The molecule has 0 radical (unpaired) electrons. The van der Waals surface area contributed by atoms with Crippen LogP contribution >= 0.6 is 7.60 Å². The smallest absolute Gasteiger partial charge is 0.417 e. The Morgan fingerprint density at radius 3 is 2.13 bits per heavy atom. The van der Waals surface area contributed by atoms with Gasteiger partial charge in [-0.25, -0.2) is 9.69 Å². The van der Waals surface area contributed by atoms with E-state index in [1.165, 1.54) is 0 Å². The molecule has 0 aromatic heterocycles. The molecule has 3 rings (SSSR count). The Hall–Kier alpha value is -3.00. The van der Waals surface area contributed by atoms with Gasteiger partial charge in [0.05, 0.1) is 36.9 Å². The number of ether oxygens (including phenoxy) is 2. The fourth-order valence-electron chi connectivity index (χ4n) is 4.50. The highest BCUT2D eigenvalue weighted by molar-refractivity contribution is 7.62. The number of carbonyl (C=O) groups is 3. The average molecular weight is 560 g/mol. The molecule has 0 N–H and O–H groups in total. The van der Waals surface area contributed by atoms with Gasteiger partial charge in [-0.1, -0.05) is 42.5 Å². The lowest BCUT2D eigenvalue weighted by Crippen LogP contribution is -2.43. The number of nitrogens with zero attached hydrogens (tertiary/aromatic N) is 1. The molecule has 3 atom stereocenters. The van der Waals surface area contributed by atoms with Gasteiger partial charge >= 0.3 is 19.7 Å². The first-order valence-electron chi connectivity index (χ1n) is 13.2. The summed E-state index contributed by atoms with van der Waals surface area (Å²) < 4.78 is 35.0. The van der Waals surface area contributed by atoms with Crippen molar-refractivity contribution in [2.75, 3.05) is 13.2 Å². The van der Waals surface area contributed by atoms with Crippen molar-refractivity contribution in [3.05, 3.63) is 65.7 Å². The molecule has 0 bridgehead atoms. The summed E-state index contributed by atoms with van der Waals surface area (Å²) in [6.45, 7) is 10.9. The van der Waals surface area contributed by atoms with Gasteiger partial charge in [0, 0.05) is 0 Å². The fraction of sp³-hybridized carbons (Fsp3) is 0.483. The largest absolute Gasteiger partial charge is 0.460 e. The summed E-state index contributed by atoms with van der Waals surface area (Å²) in [7, 11) is -3.47. The third-order valence-electron chi connectivity index (χ3n) is 6.15. The number of hydrogen-bond donors (Lipinski definition) is 0. The molecule has 1 fully saturated rings. The standard InChI is InChI=1S/C29H38NO8P/c1-7-35-39(34,36-8-2)24-16-14-21(15-17-24)18-23(19-25(31)38-29(4,5)6)27(32)30-20(3)26(37-28(30)33)22-12-10-9-11-13-22/h9-17,20,23,26H,7-8,18-19H2,1-6H3/t20-,23+,26-/m1/s1. The highest BCUT2D eigenvalue weighted by Gasteiger charge is 2.45. The van der Waals surface area contributed by atoms with Gasteiger partial charge in [0.1, 0.15) is 11.7 Å². The minimum Gasteiger partial charge on any atom is -0.460 e.